The van der Waals surface area contributed by atoms with Crippen LogP contribution in [0.1, 0.15) is 61.4 Å². The summed E-state index contributed by atoms with van der Waals surface area (Å²) in [5.41, 5.74) is 7.78. The number of benzene rings is 2. The third kappa shape index (κ3) is 5.41. The summed E-state index contributed by atoms with van der Waals surface area (Å²) < 4.78 is 5.59. The lowest BCUT2D eigenvalue weighted by molar-refractivity contribution is 0.0734. The molecule has 2 N–H and O–H groups in total. The summed E-state index contributed by atoms with van der Waals surface area (Å²) in [6, 6.07) is 14.7. The molecule has 0 aliphatic heterocycles. The molecule has 0 bridgehead atoms. The van der Waals surface area contributed by atoms with Crippen LogP contribution in [0.15, 0.2) is 48.5 Å². The zero-order valence-corrected chi connectivity index (χ0v) is 14.5. The van der Waals surface area contributed by atoms with Gasteiger partial charge in [-0.3, -0.25) is 0 Å². The third-order valence-electron chi connectivity index (χ3n) is 4.16. The molecule has 0 aliphatic rings. The molecule has 2 rings (SSSR count). The molecule has 0 atom stereocenters. The van der Waals surface area contributed by atoms with Crippen LogP contribution in [0.25, 0.3) is 0 Å². The standard InChI is InChI=1S/C21H27NO2/c1-2-3-4-5-6-7-12-17-13-8-11-16-20(17)24-21(23)18-14-9-10-15-19(18)22/h8-11,13-16H,2-7,12,22H2,1H3. The highest BCUT2D eigenvalue weighted by Gasteiger charge is 2.13. The van der Waals surface area contributed by atoms with Gasteiger partial charge in [-0.2, -0.15) is 0 Å². The fourth-order valence-electron chi connectivity index (χ4n) is 2.74. The number of hydrogen-bond donors (Lipinski definition) is 1. The largest absolute Gasteiger partial charge is 0.423 e. The van der Waals surface area contributed by atoms with Crippen molar-refractivity contribution in [1.82, 2.24) is 0 Å². The minimum atomic E-state index is -0.400. The highest BCUT2D eigenvalue weighted by Crippen LogP contribution is 2.23. The van der Waals surface area contributed by atoms with Gasteiger partial charge in [0, 0.05) is 5.69 Å². The molecule has 0 fully saturated rings. The van der Waals surface area contributed by atoms with Gasteiger partial charge in [-0.25, -0.2) is 4.79 Å². The second kappa shape index (κ2) is 9.76. The molecule has 0 aromatic heterocycles. The van der Waals surface area contributed by atoms with E-state index in [1.165, 1.54) is 32.1 Å². The molecule has 0 aliphatic carbocycles. The van der Waals surface area contributed by atoms with Crippen LogP contribution in [0.5, 0.6) is 5.75 Å². The highest BCUT2D eigenvalue weighted by atomic mass is 16.5. The van der Waals surface area contributed by atoms with E-state index >= 15 is 0 Å². The predicted octanol–water partition coefficient (Wildman–Crippen LogP) is 5.39. The van der Waals surface area contributed by atoms with Gasteiger partial charge in [-0.05, 0) is 36.6 Å². The predicted molar refractivity (Wildman–Crippen MR) is 99.3 cm³/mol. The van der Waals surface area contributed by atoms with Crippen molar-refractivity contribution in [2.45, 2.75) is 51.9 Å². The van der Waals surface area contributed by atoms with Crippen LogP contribution < -0.4 is 10.5 Å². The van der Waals surface area contributed by atoms with E-state index in [-0.39, 0.29) is 0 Å². The van der Waals surface area contributed by atoms with Crippen LogP contribution in [0.3, 0.4) is 0 Å². The maximum absolute atomic E-state index is 12.3. The average Bonchev–Trinajstić information content (AvgIpc) is 2.59. The van der Waals surface area contributed by atoms with Crippen molar-refractivity contribution >= 4 is 11.7 Å². The highest BCUT2D eigenvalue weighted by molar-refractivity contribution is 5.96. The number of nitrogen functional groups attached to an aromatic ring is 1. The Hall–Kier alpha value is -2.29. The molecule has 0 unspecified atom stereocenters. The normalized spacial score (nSPS) is 10.5. The Labute approximate surface area is 144 Å². The van der Waals surface area contributed by atoms with Crippen molar-refractivity contribution in [1.29, 1.82) is 0 Å². The van der Waals surface area contributed by atoms with Crippen LogP contribution in [0, 0.1) is 0 Å². The molecule has 0 heterocycles. The Morgan fingerprint density at radius 1 is 0.917 bits per heavy atom. The van der Waals surface area contributed by atoms with Crippen LogP contribution in [0.2, 0.25) is 0 Å². The number of esters is 1. The summed E-state index contributed by atoms with van der Waals surface area (Å²) in [4.78, 5) is 12.3. The van der Waals surface area contributed by atoms with Crippen LogP contribution >= 0.6 is 0 Å². The Kier molecular flexibility index (Phi) is 7.34. The number of rotatable bonds is 9. The van der Waals surface area contributed by atoms with Crippen LogP contribution in [0.4, 0.5) is 5.69 Å². The Morgan fingerprint density at radius 3 is 2.38 bits per heavy atom. The number of nitrogens with two attached hydrogens (primary N) is 1. The van der Waals surface area contributed by atoms with E-state index in [0.29, 0.717) is 17.0 Å². The van der Waals surface area contributed by atoms with E-state index in [4.69, 9.17) is 10.5 Å². The van der Waals surface area contributed by atoms with E-state index in [0.717, 1.165) is 18.4 Å². The van der Waals surface area contributed by atoms with E-state index in [1.807, 2.05) is 24.3 Å². The lowest BCUT2D eigenvalue weighted by atomic mass is 10.0. The number of ether oxygens (including phenoxy) is 1. The fourth-order valence-corrected chi connectivity index (χ4v) is 2.74. The molecule has 0 radical (unpaired) electrons. The molecule has 2 aromatic rings. The SMILES string of the molecule is CCCCCCCCc1ccccc1OC(=O)c1ccccc1N. The first-order chi connectivity index (χ1) is 11.7. The van der Waals surface area contributed by atoms with E-state index in [1.54, 1.807) is 24.3 Å². The van der Waals surface area contributed by atoms with E-state index in [2.05, 4.69) is 6.92 Å². The Bertz CT molecular complexity index is 652. The van der Waals surface area contributed by atoms with Gasteiger partial charge >= 0.3 is 5.97 Å². The van der Waals surface area contributed by atoms with Gasteiger partial charge in [0.1, 0.15) is 5.75 Å². The van der Waals surface area contributed by atoms with Gasteiger partial charge in [0.05, 0.1) is 5.56 Å². The van der Waals surface area contributed by atoms with Gasteiger partial charge in [0.25, 0.3) is 0 Å². The Morgan fingerprint density at radius 2 is 1.58 bits per heavy atom. The zero-order valence-electron chi connectivity index (χ0n) is 14.5. The van der Waals surface area contributed by atoms with Crippen molar-refractivity contribution in [3.05, 3.63) is 59.7 Å². The van der Waals surface area contributed by atoms with Gasteiger partial charge in [0.2, 0.25) is 0 Å². The summed E-state index contributed by atoms with van der Waals surface area (Å²) in [6.45, 7) is 2.23. The summed E-state index contributed by atoms with van der Waals surface area (Å²) in [7, 11) is 0. The average molecular weight is 325 g/mol. The van der Waals surface area contributed by atoms with Crippen molar-refractivity contribution in [2.75, 3.05) is 5.73 Å². The van der Waals surface area contributed by atoms with Crippen LogP contribution in [-0.2, 0) is 6.42 Å². The molecular weight excluding hydrogens is 298 g/mol. The van der Waals surface area contributed by atoms with Crippen molar-refractivity contribution < 1.29 is 9.53 Å². The van der Waals surface area contributed by atoms with Gasteiger partial charge in [0.15, 0.2) is 0 Å². The number of carbonyl (C=O) groups is 1. The number of unbranched alkanes of at least 4 members (excludes halogenated alkanes) is 5. The number of hydrogen-bond acceptors (Lipinski definition) is 3. The van der Waals surface area contributed by atoms with Crippen molar-refractivity contribution in [2.24, 2.45) is 0 Å². The lowest BCUT2D eigenvalue weighted by Gasteiger charge is -2.11. The second-order valence-electron chi connectivity index (χ2n) is 6.10. The molecule has 24 heavy (non-hydrogen) atoms. The summed E-state index contributed by atoms with van der Waals surface area (Å²) >= 11 is 0. The fraction of sp³-hybridized carbons (Fsp3) is 0.381. The van der Waals surface area contributed by atoms with Gasteiger partial charge < -0.3 is 10.5 Å². The summed E-state index contributed by atoms with van der Waals surface area (Å²) in [5, 5.41) is 0. The van der Waals surface area contributed by atoms with Crippen LogP contribution in [-0.4, -0.2) is 5.97 Å². The molecule has 2 aromatic carbocycles. The molecule has 0 amide bonds. The molecule has 0 saturated carbocycles. The first-order valence-electron chi connectivity index (χ1n) is 8.87. The maximum atomic E-state index is 12.3. The first kappa shape index (κ1) is 18.1. The monoisotopic (exact) mass is 325 g/mol. The summed E-state index contributed by atoms with van der Waals surface area (Å²) in [6.07, 6.45) is 8.42. The molecule has 3 nitrogen and oxygen atoms in total. The number of aryl methyl sites for hydroxylation is 1. The summed E-state index contributed by atoms with van der Waals surface area (Å²) in [5.74, 6) is 0.239. The zero-order chi connectivity index (χ0) is 17.2. The van der Waals surface area contributed by atoms with Gasteiger partial charge in [-0.1, -0.05) is 69.4 Å². The minimum Gasteiger partial charge on any atom is -0.423 e. The molecular formula is C21H27NO2. The van der Waals surface area contributed by atoms with Crippen molar-refractivity contribution in [3.8, 4) is 5.75 Å². The number of carbonyl (C=O) groups excluding carboxylic acids is 1. The number of anilines is 1. The quantitative estimate of drug-likeness (QED) is 0.291. The third-order valence-corrected chi connectivity index (χ3v) is 4.16. The van der Waals surface area contributed by atoms with E-state index in [9.17, 15) is 4.79 Å². The van der Waals surface area contributed by atoms with Crippen molar-refractivity contribution in [3.63, 3.8) is 0 Å². The molecule has 0 saturated heterocycles. The minimum absolute atomic E-state index is 0.400. The molecule has 3 heteroatoms. The number of para-hydroxylation sites is 2. The Balaban J connectivity index is 1.93. The lowest BCUT2D eigenvalue weighted by Crippen LogP contribution is -2.12. The van der Waals surface area contributed by atoms with E-state index < -0.39 is 5.97 Å². The second-order valence-corrected chi connectivity index (χ2v) is 6.10. The molecule has 128 valence electrons. The smallest absolute Gasteiger partial charge is 0.345 e. The van der Waals surface area contributed by atoms with Gasteiger partial charge in [-0.15, -0.1) is 0 Å². The first-order valence-corrected chi connectivity index (χ1v) is 8.87. The maximum Gasteiger partial charge on any atom is 0.345 e. The topological polar surface area (TPSA) is 52.3 Å². The molecule has 0 spiro atoms.